The van der Waals surface area contributed by atoms with Crippen LogP contribution in [0.3, 0.4) is 0 Å². The SMILES string of the molecule is CC(C)(C)OCCCCCC(=O)OCCCCOC(=O)CCCCCOC(C)(C)C. The maximum Gasteiger partial charge on any atom is 0.305 e. The van der Waals surface area contributed by atoms with Gasteiger partial charge in [-0.1, -0.05) is 12.8 Å². The second-order valence-corrected chi connectivity index (χ2v) is 9.69. The van der Waals surface area contributed by atoms with E-state index in [4.69, 9.17) is 18.9 Å². The minimum atomic E-state index is -0.154. The van der Waals surface area contributed by atoms with E-state index in [0.717, 1.165) is 51.7 Å². The van der Waals surface area contributed by atoms with E-state index in [1.165, 1.54) is 0 Å². The predicted octanol–water partition coefficient (Wildman–Crippen LogP) is 5.60. The highest BCUT2D eigenvalue weighted by Crippen LogP contribution is 2.10. The summed E-state index contributed by atoms with van der Waals surface area (Å²) in [6.07, 6.45) is 7.82. The highest BCUT2D eigenvalue weighted by atomic mass is 16.5. The van der Waals surface area contributed by atoms with Gasteiger partial charge in [-0.3, -0.25) is 9.59 Å². The monoisotopic (exact) mass is 430 g/mol. The first-order valence-corrected chi connectivity index (χ1v) is 11.6. The van der Waals surface area contributed by atoms with E-state index < -0.39 is 0 Å². The third-order valence-electron chi connectivity index (χ3n) is 4.19. The van der Waals surface area contributed by atoms with Crippen LogP contribution in [0.25, 0.3) is 0 Å². The second-order valence-electron chi connectivity index (χ2n) is 9.69. The lowest BCUT2D eigenvalue weighted by Gasteiger charge is -2.19. The van der Waals surface area contributed by atoms with Crippen molar-refractivity contribution in [1.82, 2.24) is 0 Å². The lowest BCUT2D eigenvalue weighted by atomic mass is 10.1. The molecular formula is C24H46O6. The van der Waals surface area contributed by atoms with E-state index in [2.05, 4.69) is 0 Å². The Hall–Kier alpha value is -1.14. The van der Waals surface area contributed by atoms with E-state index in [1.54, 1.807) is 0 Å². The molecule has 0 N–H and O–H groups in total. The van der Waals surface area contributed by atoms with Crippen molar-refractivity contribution in [3.8, 4) is 0 Å². The molecule has 0 fully saturated rings. The van der Waals surface area contributed by atoms with Crippen molar-refractivity contribution < 1.29 is 28.5 Å². The van der Waals surface area contributed by atoms with Crippen LogP contribution < -0.4 is 0 Å². The summed E-state index contributed by atoms with van der Waals surface area (Å²) in [7, 11) is 0. The number of carbonyl (C=O) groups is 2. The third-order valence-corrected chi connectivity index (χ3v) is 4.19. The summed E-state index contributed by atoms with van der Waals surface area (Å²) in [5.41, 5.74) is -0.205. The standard InChI is InChI=1S/C24H46O6/c1-23(2,3)29-19-11-7-9-15-21(25)27-17-13-14-18-28-22(26)16-10-8-12-20-30-24(4,5)6/h7-20H2,1-6H3. The number of hydrogen-bond donors (Lipinski definition) is 0. The molecule has 0 rings (SSSR count). The van der Waals surface area contributed by atoms with Gasteiger partial charge in [0, 0.05) is 26.1 Å². The van der Waals surface area contributed by atoms with Gasteiger partial charge in [0.15, 0.2) is 0 Å². The van der Waals surface area contributed by atoms with Gasteiger partial charge in [-0.25, -0.2) is 0 Å². The van der Waals surface area contributed by atoms with Crippen LogP contribution in [0.1, 0.15) is 106 Å². The molecule has 0 heterocycles. The van der Waals surface area contributed by atoms with Gasteiger partial charge in [-0.05, 0) is 80.1 Å². The summed E-state index contributed by atoms with van der Waals surface area (Å²) in [6, 6.07) is 0. The molecular weight excluding hydrogens is 384 g/mol. The van der Waals surface area contributed by atoms with E-state index in [-0.39, 0.29) is 23.1 Å². The van der Waals surface area contributed by atoms with Crippen LogP contribution in [0.5, 0.6) is 0 Å². The molecule has 0 aliphatic carbocycles. The molecule has 0 aromatic rings. The van der Waals surface area contributed by atoms with Gasteiger partial charge in [0.05, 0.1) is 24.4 Å². The zero-order valence-electron chi connectivity index (χ0n) is 20.3. The summed E-state index contributed by atoms with van der Waals surface area (Å²) >= 11 is 0. The molecule has 0 aromatic carbocycles. The van der Waals surface area contributed by atoms with Crippen molar-refractivity contribution in [2.24, 2.45) is 0 Å². The van der Waals surface area contributed by atoms with Crippen molar-refractivity contribution in [2.45, 2.75) is 117 Å². The van der Waals surface area contributed by atoms with Crippen molar-refractivity contribution in [1.29, 1.82) is 0 Å². The van der Waals surface area contributed by atoms with Crippen LogP contribution >= 0.6 is 0 Å². The molecule has 0 aromatic heterocycles. The first kappa shape index (κ1) is 28.9. The van der Waals surface area contributed by atoms with Crippen LogP contribution in [0.15, 0.2) is 0 Å². The molecule has 6 heteroatoms. The molecule has 6 nitrogen and oxygen atoms in total. The zero-order chi connectivity index (χ0) is 22.9. The highest BCUT2D eigenvalue weighted by molar-refractivity contribution is 5.69. The molecule has 0 saturated heterocycles. The Morgan fingerprint density at radius 3 is 1.17 bits per heavy atom. The van der Waals surface area contributed by atoms with E-state index in [0.29, 0.717) is 38.9 Å². The highest BCUT2D eigenvalue weighted by Gasteiger charge is 2.10. The number of rotatable bonds is 17. The molecule has 30 heavy (non-hydrogen) atoms. The van der Waals surface area contributed by atoms with Gasteiger partial charge in [0.2, 0.25) is 0 Å². The average Bonchev–Trinajstić information content (AvgIpc) is 2.62. The first-order valence-electron chi connectivity index (χ1n) is 11.6. The largest absolute Gasteiger partial charge is 0.466 e. The van der Waals surface area contributed by atoms with Crippen molar-refractivity contribution in [2.75, 3.05) is 26.4 Å². The lowest BCUT2D eigenvalue weighted by Crippen LogP contribution is -2.19. The van der Waals surface area contributed by atoms with Crippen LogP contribution in [-0.4, -0.2) is 49.6 Å². The normalized spacial score (nSPS) is 12.1. The number of carbonyl (C=O) groups excluding carboxylic acids is 2. The van der Waals surface area contributed by atoms with Crippen molar-refractivity contribution in [3.63, 3.8) is 0 Å². The van der Waals surface area contributed by atoms with Gasteiger partial charge in [0.25, 0.3) is 0 Å². The number of hydrogen-bond acceptors (Lipinski definition) is 6. The van der Waals surface area contributed by atoms with Crippen molar-refractivity contribution in [3.05, 3.63) is 0 Å². The fraction of sp³-hybridized carbons (Fsp3) is 0.917. The van der Waals surface area contributed by atoms with Crippen LogP contribution in [0, 0.1) is 0 Å². The van der Waals surface area contributed by atoms with E-state index >= 15 is 0 Å². The molecule has 178 valence electrons. The molecule has 0 aliphatic heterocycles. The van der Waals surface area contributed by atoms with E-state index in [1.807, 2.05) is 41.5 Å². The molecule has 0 amide bonds. The molecule has 0 bridgehead atoms. The maximum absolute atomic E-state index is 11.7. The minimum Gasteiger partial charge on any atom is -0.466 e. The quantitative estimate of drug-likeness (QED) is 0.221. The van der Waals surface area contributed by atoms with Crippen LogP contribution in [0.2, 0.25) is 0 Å². The molecule has 0 saturated carbocycles. The Balaban J connectivity index is 3.39. The third kappa shape index (κ3) is 23.1. The Labute approximate surface area is 184 Å². The van der Waals surface area contributed by atoms with Crippen LogP contribution in [-0.2, 0) is 28.5 Å². The summed E-state index contributed by atoms with van der Waals surface area (Å²) in [6.45, 7) is 14.5. The van der Waals surface area contributed by atoms with Gasteiger partial charge in [0.1, 0.15) is 0 Å². The molecule has 0 spiro atoms. The minimum absolute atomic E-state index is 0.103. The number of ether oxygens (including phenoxy) is 4. The summed E-state index contributed by atoms with van der Waals surface area (Å²) in [5, 5.41) is 0. The predicted molar refractivity (Wildman–Crippen MR) is 119 cm³/mol. The average molecular weight is 431 g/mol. The second kappa shape index (κ2) is 16.5. The maximum atomic E-state index is 11.7. The topological polar surface area (TPSA) is 71.1 Å². The number of unbranched alkanes of at least 4 members (excludes halogenated alkanes) is 5. The van der Waals surface area contributed by atoms with E-state index in [9.17, 15) is 9.59 Å². The molecule has 0 atom stereocenters. The Morgan fingerprint density at radius 2 is 0.833 bits per heavy atom. The Bertz CT molecular complexity index is 406. The molecule has 0 unspecified atom stereocenters. The van der Waals surface area contributed by atoms with Crippen molar-refractivity contribution >= 4 is 11.9 Å². The fourth-order valence-electron chi connectivity index (χ4n) is 2.57. The molecule has 0 aliphatic rings. The number of esters is 2. The van der Waals surface area contributed by atoms with Crippen LogP contribution in [0.4, 0.5) is 0 Å². The van der Waals surface area contributed by atoms with Gasteiger partial charge >= 0.3 is 11.9 Å². The molecule has 0 radical (unpaired) electrons. The Kier molecular flexibility index (Phi) is 15.9. The summed E-state index contributed by atoms with van der Waals surface area (Å²) < 4.78 is 21.7. The zero-order valence-corrected chi connectivity index (χ0v) is 20.3. The fourth-order valence-corrected chi connectivity index (χ4v) is 2.57. The summed E-state index contributed by atoms with van der Waals surface area (Å²) in [5.74, 6) is -0.307. The lowest BCUT2D eigenvalue weighted by molar-refractivity contribution is -0.146. The van der Waals surface area contributed by atoms with Gasteiger partial charge in [-0.15, -0.1) is 0 Å². The smallest absolute Gasteiger partial charge is 0.305 e. The van der Waals surface area contributed by atoms with Gasteiger partial charge < -0.3 is 18.9 Å². The summed E-state index contributed by atoms with van der Waals surface area (Å²) in [4.78, 5) is 23.4. The van der Waals surface area contributed by atoms with Gasteiger partial charge in [-0.2, -0.15) is 0 Å². The Morgan fingerprint density at radius 1 is 0.500 bits per heavy atom. The first-order chi connectivity index (χ1) is 14.0.